The number of hydrogen-bond acceptors (Lipinski definition) is 3. The standard InChI is InChI=1S/C14H18Cl2N2O2/c1-9-6-11(17)4-5-18(9)14(19)8-20-13-7-10(15)2-3-12(13)16/h2-3,7,9,11H,4-6,8,17H2,1H3. The lowest BCUT2D eigenvalue weighted by atomic mass is 9.99. The summed E-state index contributed by atoms with van der Waals surface area (Å²) in [6.45, 7) is 2.64. The van der Waals surface area contributed by atoms with Gasteiger partial charge in [0.2, 0.25) is 0 Å². The lowest BCUT2D eigenvalue weighted by Gasteiger charge is -2.36. The second-order valence-electron chi connectivity index (χ2n) is 5.08. The van der Waals surface area contributed by atoms with Crippen LogP contribution >= 0.6 is 23.2 Å². The number of nitrogens with zero attached hydrogens (tertiary/aromatic N) is 1. The Labute approximate surface area is 128 Å². The van der Waals surface area contributed by atoms with Crippen molar-refractivity contribution >= 4 is 29.1 Å². The number of carbonyl (C=O) groups is 1. The highest BCUT2D eigenvalue weighted by atomic mass is 35.5. The first kappa shape index (κ1) is 15.4. The van der Waals surface area contributed by atoms with Crippen molar-refractivity contribution < 1.29 is 9.53 Å². The molecule has 2 unspecified atom stereocenters. The summed E-state index contributed by atoms with van der Waals surface area (Å²) in [7, 11) is 0. The molecule has 0 aliphatic carbocycles. The number of likely N-dealkylation sites (tertiary alicyclic amines) is 1. The highest BCUT2D eigenvalue weighted by Gasteiger charge is 2.27. The van der Waals surface area contributed by atoms with E-state index in [-0.39, 0.29) is 24.6 Å². The van der Waals surface area contributed by atoms with Gasteiger partial charge in [-0.2, -0.15) is 0 Å². The molecule has 6 heteroatoms. The molecule has 1 aromatic rings. The third-order valence-corrected chi connectivity index (χ3v) is 4.03. The van der Waals surface area contributed by atoms with E-state index in [1.54, 1.807) is 18.2 Å². The number of halogens is 2. The third kappa shape index (κ3) is 3.78. The van der Waals surface area contributed by atoms with E-state index in [9.17, 15) is 4.79 Å². The molecule has 0 aromatic heterocycles. The first-order chi connectivity index (χ1) is 9.47. The van der Waals surface area contributed by atoms with Crippen LogP contribution in [0.25, 0.3) is 0 Å². The van der Waals surface area contributed by atoms with E-state index >= 15 is 0 Å². The van der Waals surface area contributed by atoms with Gasteiger partial charge in [-0.25, -0.2) is 0 Å². The summed E-state index contributed by atoms with van der Waals surface area (Å²) >= 11 is 11.9. The first-order valence-corrected chi connectivity index (χ1v) is 7.36. The Morgan fingerprint density at radius 2 is 2.25 bits per heavy atom. The van der Waals surface area contributed by atoms with Gasteiger partial charge in [-0.1, -0.05) is 23.2 Å². The van der Waals surface area contributed by atoms with Gasteiger partial charge in [-0.15, -0.1) is 0 Å². The number of carbonyl (C=O) groups excluding carboxylic acids is 1. The van der Waals surface area contributed by atoms with Crippen molar-refractivity contribution in [3.63, 3.8) is 0 Å². The summed E-state index contributed by atoms with van der Waals surface area (Å²) in [5, 5.41) is 0.963. The molecule has 1 aliphatic rings. The molecule has 2 atom stereocenters. The third-order valence-electron chi connectivity index (χ3n) is 3.48. The van der Waals surface area contributed by atoms with Crippen LogP contribution in [-0.4, -0.2) is 36.0 Å². The Kier molecular flexibility index (Phi) is 5.13. The van der Waals surface area contributed by atoms with E-state index in [0.29, 0.717) is 22.3 Å². The summed E-state index contributed by atoms with van der Waals surface area (Å²) in [6.07, 6.45) is 1.65. The lowest BCUT2D eigenvalue weighted by Crippen LogP contribution is -2.49. The lowest BCUT2D eigenvalue weighted by molar-refractivity contribution is -0.136. The molecule has 2 N–H and O–H groups in total. The molecule has 110 valence electrons. The van der Waals surface area contributed by atoms with Crippen molar-refractivity contribution in [2.45, 2.75) is 31.8 Å². The van der Waals surface area contributed by atoms with E-state index < -0.39 is 0 Å². The average molecular weight is 317 g/mol. The quantitative estimate of drug-likeness (QED) is 0.932. The van der Waals surface area contributed by atoms with Gasteiger partial charge in [-0.05, 0) is 31.9 Å². The monoisotopic (exact) mass is 316 g/mol. The molecule has 4 nitrogen and oxygen atoms in total. The van der Waals surface area contributed by atoms with E-state index in [1.807, 2.05) is 11.8 Å². The number of piperidine rings is 1. The summed E-state index contributed by atoms with van der Waals surface area (Å²) < 4.78 is 5.47. The second-order valence-corrected chi connectivity index (χ2v) is 5.93. The summed E-state index contributed by atoms with van der Waals surface area (Å²) in [5.74, 6) is 0.370. The fourth-order valence-electron chi connectivity index (χ4n) is 2.39. The highest BCUT2D eigenvalue weighted by Crippen LogP contribution is 2.27. The fourth-order valence-corrected chi connectivity index (χ4v) is 2.72. The van der Waals surface area contributed by atoms with Gasteiger partial charge in [0.15, 0.2) is 6.61 Å². The largest absolute Gasteiger partial charge is 0.482 e. The molecule has 1 amide bonds. The maximum absolute atomic E-state index is 12.2. The van der Waals surface area contributed by atoms with Crippen LogP contribution in [0.15, 0.2) is 18.2 Å². The van der Waals surface area contributed by atoms with Gasteiger partial charge in [0.25, 0.3) is 5.91 Å². The average Bonchev–Trinajstić information content (AvgIpc) is 2.39. The molecule has 1 fully saturated rings. The van der Waals surface area contributed by atoms with Crippen molar-refractivity contribution in [2.75, 3.05) is 13.2 Å². The van der Waals surface area contributed by atoms with E-state index in [1.165, 1.54) is 0 Å². The zero-order chi connectivity index (χ0) is 14.7. The number of benzene rings is 1. The Balaban J connectivity index is 1.93. The van der Waals surface area contributed by atoms with Crippen molar-refractivity contribution in [1.29, 1.82) is 0 Å². The van der Waals surface area contributed by atoms with E-state index in [4.69, 9.17) is 33.7 Å². The minimum Gasteiger partial charge on any atom is -0.482 e. The predicted octanol–water partition coefficient (Wildman–Crippen LogP) is 2.71. The summed E-state index contributed by atoms with van der Waals surface area (Å²) in [6, 6.07) is 5.24. The van der Waals surface area contributed by atoms with Crippen molar-refractivity contribution in [3.8, 4) is 5.75 Å². The van der Waals surface area contributed by atoms with Crippen LogP contribution in [0.1, 0.15) is 19.8 Å². The topological polar surface area (TPSA) is 55.6 Å². The zero-order valence-electron chi connectivity index (χ0n) is 11.3. The predicted molar refractivity (Wildman–Crippen MR) is 80.3 cm³/mol. The maximum Gasteiger partial charge on any atom is 0.260 e. The van der Waals surface area contributed by atoms with Gasteiger partial charge in [0, 0.05) is 29.7 Å². The number of ether oxygens (including phenoxy) is 1. The van der Waals surface area contributed by atoms with Crippen LogP contribution in [-0.2, 0) is 4.79 Å². The molecule has 1 saturated heterocycles. The molecule has 0 spiro atoms. The van der Waals surface area contributed by atoms with Crippen molar-refractivity contribution in [3.05, 3.63) is 28.2 Å². The van der Waals surface area contributed by atoms with E-state index in [0.717, 1.165) is 12.8 Å². The smallest absolute Gasteiger partial charge is 0.260 e. The molecule has 1 aromatic carbocycles. The molecule has 1 aliphatic heterocycles. The second kappa shape index (κ2) is 6.66. The molecular formula is C14H18Cl2N2O2. The highest BCUT2D eigenvalue weighted by molar-refractivity contribution is 6.34. The molecule has 0 radical (unpaired) electrons. The van der Waals surface area contributed by atoms with Crippen LogP contribution < -0.4 is 10.5 Å². The van der Waals surface area contributed by atoms with Gasteiger partial charge in [-0.3, -0.25) is 4.79 Å². The van der Waals surface area contributed by atoms with Crippen molar-refractivity contribution in [2.24, 2.45) is 5.73 Å². The Bertz CT molecular complexity index is 496. The molecule has 0 bridgehead atoms. The number of rotatable bonds is 3. The fraction of sp³-hybridized carbons (Fsp3) is 0.500. The van der Waals surface area contributed by atoms with Crippen LogP contribution in [0.2, 0.25) is 10.0 Å². The minimum atomic E-state index is -0.0551. The van der Waals surface area contributed by atoms with Crippen molar-refractivity contribution in [1.82, 2.24) is 4.90 Å². The molecule has 2 rings (SSSR count). The summed E-state index contributed by atoms with van der Waals surface area (Å²) in [4.78, 5) is 14.0. The van der Waals surface area contributed by atoms with Crippen LogP contribution in [0, 0.1) is 0 Å². The van der Waals surface area contributed by atoms with Gasteiger partial charge >= 0.3 is 0 Å². The van der Waals surface area contributed by atoms with Gasteiger partial charge < -0.3 is 15.4 Å². The number of amides is 1. The number of hydrogen-bond donors (Lipinski definition) is 1. The van der Waals surface area contributed by atoms with Crippen LogP contribution in [0.4, 0.5) is 0 Å². The molecule has 0 saturated carbocycles. The Morgan fingerprint density at radius 1 is 1.50 bits per heavy atom. The zero-order valence-corrected chi connectivity index (χ0v) is 12.8. The normalized spacial score (nSPS) is 22.7. The minimum absolute atomic E-state index is 0.0420. The summed E-state index contributed by atoms with van der Waals surface area (Å²) in [5.41, 5.74) is 5.89. The van der Waals surface area contributed by atoms with Gasteiger partial charge in [0.1, 0.15) is 5.75 Å². The Morgan fingerprint density at radius 3 is 2.95 bits per heavy atom. The van der Waals surface area contributed by atoms with Gasteiger partial charge in [0.05, 0.1) is 5.02 Å². The number of nitrogens with two attached hydrogens (primary N) is 1. The SMILES string of the molecule is CC1CC(N)CCN1C(=O)COc1cc(Cl)ccc1Cl. The Hall–Kier alpha value is -0.970. The first-order valence-electron chi connectivity index (χ1n) is 6.60. The maximum atomic E-state index is 12.2. The molecular weight excluding hydrogens is 299 g/mol. The van der Waals surface area contributed by atoms with Crippen LogP contribution in [0.5, 0.6) is 5.75 Å². The molecule has 20 heavy (non-hydrogen) atoms. The van der Waals surface area contributed by atoms with E-state index in [2.05, 4.69) is 0 Å². The molecule has 1 heterocycles. The van der Waals surface area contributed by atoms with Crippen LogP contribution in [0.3, 0.4) is 0 Å².